The first-order chi connectivity index (χ1) is 8.31. The minimum absolute atomic E-state index is 0.00283. The molecule has 0 spiro atoms. The number of fused-ring (bicyclic) bond motifs is 1. The normalized spacial score (nSPS) is 16.6. The summed E-state index contributed by atoms with van der Waals surface area (Å²) in [5.41, 5.74) is 6.18. The van der Waals surface area contributed by atoms with E-state index < -0.39 is 0 Å². The van der Waals surface area contributed by atoms with E-state index in [0.717, 1.165) is 31.4 Å². The molecule has 1 aromatic rings. The second-order valence-corrected chi connectivity index (χ2v) is 4.35. The van der Waals surface area contributed by atoms with Crippen LogP contribution in [0.15, 0.2) is 29.4 Å². The number of aryl methyl sites for hydroxylation is 1. The Morgan fingerprint density at radius 1 is 1.35 bits per heavy atom. The number of carbonyl (C=O) groups excluding carboxylic acids is 1. The summed E-state index contributed by atoms with van der Waals surface area (Å²) in [6.07, 6.45) is 4.56. The third-order valence-corrected chi connectivity index (χ3v) is 2.98. The summed E-state index contributed by atoms with van der Waals surface area (Å²) < 4.78 is 0. The van der Waals surface area contributed by atoms with Gasteiger partial charge in [-0.05, 0) is 31.2 Å². The van der Waals surface area contributed by atoms with Gasteiger partial charge in [-0.3, -0.25) is 4.79 Å². The van der Waals surface area contributed by atoms with Crippen molar-refractivity contribution < 1.29 is 4.79 Å². The summed E-state index contributed by atoms with van der Waals surface area (Å²) in [4.78, 5) is 11.4. The molecule has 0 saturated heterocycles. The Morgan fingerprint density at radius 3 is 3.00 bits per heavy atom. The van der Waals surface area contributed by atoms with E-state index in [-0.39, 0.29) is 5.91 Å². The van der Waals surface area contributed by atoms with Gasteiger partial charge < -0.3 is 0 Å². The van der Waals surface area contributed by atoms with Crippen LogP contribution in [0.25, 0.3) is 0 Å². The number of hydrogen-bond acceptors (Lipinski definition) is 2. The van der Waals surface area contributed by atoms with Crippen LogP contribution in [0, 0.1) is 0 Å². The van der Waals surface area contributed by atoms with Crippen LogP contribution < -0.4 is 5.43 Å². The predicted molar refractivity (Wildman–Crippen MR) is 69.0 cm³/mol. The molecule has 1 aromatic carbocycles. The lowest BCUT2D eigenvalue weighted by Crippen LogP contribution is -2.21. The second-order valence-electron chi connectivity index (χ2n) is 4.35. The number of amides is 1. The van der Waals surface area contributed by atoms with Crippen molar-refractivity contribution in [2.24, 2.45) is 5.10 Å². The summed E-state index contributed by atoms with van der Waals surface area (Å²) in [5, 5.41) is 4.26. The number of hydrazone groups is 1. The minimum atomic E-state index is 0.00283. The lowest BCUT2D eigenvalue weighted by molar-refractivity contribution is -0.121. The monoisotopic (exact) mass is 230 g/mol. The van der Waals surface area contributed by atoms with Crippen molar-refractivity contribution in [1.82, 2.24) is 5.43 Å². The molecular formula is C14H18N2O. The SMILES string of the molecule is CCCC(=O)N/N=C1/CCCc2ccccc21. The Hall–Kier alpha value is -1.64. The highest BCUT2D eigenvalue weighted by atomic mass is 16.2. The molecule has 0 unspecified atom stereocenters. The Balaban J connectivity index is 2.12. The Labute approximate surface area is 102 Å². The van der Waals surface area contributed by atoms with Gasteiger partial charge in [0.2, 0.25) is 5.91 Å². The average Bonchev–Trinajstić information content (AvgIpc) is 2.36. The molecule has 17 heavy (non-hydrogen) atoms. The number of benzene rings is 1. The van der Waals surface area contributed by atoms with Crippen LogP contribution in [0.2, 0.25) is 0 Å². The van der Waals surface area contributed by atoms with Crippen LogP contribution >= 0.6 is 0 Å². The van der Waals surface area contributed by atoms with Gasteiger partial charge in [-0.1, -0.05) is 31.2 Å². The molecular weight excluding hydrogens is 212 g/mol. The predicted octanol–water partition coefficient (Wildman–Crippen LogP) is 2.64. The molecule has 0 aliphatic heterocycles. The van der Waals surface area contributed by atoms with E-state index in [1.807, 2.05) is 13.0 Å². The molecule has 1 N–H and O–H groups in total. The molecule has 90 valence electrons. The number of nitrogens with zero attached hydrogens (tertiary/aromatic N) is 1. The van der Waals surface area contributed by atoms with E-state index in [0.29, 0.717) is 6.42 Å². The highest BCUT2D eigenvalue weighted by Crippen LogP contribution is 2.21. The van der Waals surface area contributed by atoms with Crippen LogP contribution in [0.1, 0.15) is 43.7 Å². The minimum Gasteiger partial charge on any atom is -0.273 e. The fourth-order valence-corrected chi connectivity index (χ4v) is 2.13. The molecule has 3 nitrogen and oxygen atoms in total. The van der Waals surface area contributed by atoms with Gasteiger partial charge in [0.05, 0.1) is 5.71 Å². The molecule has 2 rings (SSSR count). The molecule has 0 atom stereocenters. The smallest absolute Gasteiger partial charge is 0.240 e. The standard InChI is InChI=1S/C14H18N2O/c1-2-6-14(17)16-15-13-10-5-8-11-7-3-4-9-12(11)13/h3-4,7,9H,2,5-6,8,10H2,1H3,(H,16,17)/b15-13-. The van der Waals surface area contributed by atoms with Crippen molar-refractivity contribution in [2.45, 2.75) is 39.0 Å². The van der Waals surface area contributed by atoms with Gasteiger partial charge in [-0.2, -0.15) is 5.10 Å². The summed E-state index contributed by atoms with van der Waals surface area (Å²) in [6, 6.07) is 8.29. The van der Waals surface area contributed by atoms with E-state index in [9.17, 15) is 4.79 Å². The molecule has 0 heterocycles. The van der Waals surface area contributed by atoms with E-state index >= 15 is 0 Å². The third kappa shape index (κ3) is 2.93. The zero-order chi connectivity index (χ0) is 12.1. The first-order valence-corrected chi connectivity index (χ1v) is 6.25. The molecule has 0 aromatic heterocycles. The Morgan fingerprint density at radius 2 is 2.18 bits per heavy atom. The van der Waals surface area contributed by atoms with Crippen LogP contribution in [0.5, 0.6) is 0 Å². The van der Waals surface area contributed by atoms with Crippen LogP contribution in [0.3, 0.4) is 0 Å². The Bertz CT molecular complexity index is 438. The molecule has 0 saturated carbocycles. The molecule has 1 aliphatic rings. The van der Waals surface area contributed by atoms with Gasteiger partial charge in [-0.25, -0.2) is 5.43 Å². The fourth-order valence-electron chi connectivity index (χ4n) is 2.13. The van der Waals surface area contributed by atoms with E-state index in [1.165, 1.54) is 11.1 Å². The van der Waals surface area contributed by atoms with Gasteiger partial charge >= 0.3 is 0 Å². The molecule has 1 aliphatic carbocycles. The maximum absolute atomic E-state index is 11.4. The Kier molecular flexibility index (Phi) is 3.91. The van der Waals surface area contributed by atoms with Gasteiger partial charge in [-0.15, -0.1) is 0 Å². The lowest BCUT2D eigenvalue weighted by atomic mass is 9.90. The quantitative estimate of drug-likeness (QED) is 0.797. The zero-order valence-corrected chi connectivity index (χ0v) is 10.2. The van der Waals surface area contributed by atoms with E-state index in [1.54, 1.807) is 0 Å². The van der Waals surface area contributed by atoms with Crippen LogP contribution in [-0.2, 0) is 11.2 Å². The third-order valence-electron chi connectivity index (χ3n) is 2.98. The van der Waals surface area contributed by atoms with Crippen molar-refractivity contribution in [3.05, 3.63) is 35.4 Å². The van der Waals surface area contributed by atoms with Crippen molar-refractivity contribution in [1.29, 1.82) is 0 Å². The highest BCUT2D eigenvalue weighted by Gasteiger charge is 2.14. The molecule has 1 amide bonds. The number of rotatable bonds is 3. The molecule has 3 heteroatoms. The summed E-state index contributed by atoms with van der Waals surface area (Å²) >= 11 is 0. The summed E-state index contributed by atoms with van der Waals surface area (Å²) in [7, 11) is 0. The van der Waals surface area contributed by atoms with Crippen molar-refractivity contribution in [3.63, 3.8) is 0 Å². The summed E-state index contributed by atoms with van der Waals surface area (Å²) in [5.74, 6) is 0.00283. The van der Waals surface area contributed by atoms with Crippen molar-refractivity contribution in [3.8, 4) is 0 Å². The van der Waals surface area contributed by atoms with Gasteiger partial charge in [0.15, 0.2) is 0 Å². The second kappa shape index (κ2) is 5.62. The topological polar surface area (TPSA) is 41.5 Å². The molecule has 0 bridgehead atoms. The van der Waals surface area contributed by atoms with Crippen LogP contribution in [0.4, 0.5) is 0 Å². The maximum atomic E-state index is 11.4. The van der Waals surface area contributed by atoms with Crippen molar-refractivity contribution >= 4 is 11.6 Å². The van der Waals surface area contributed by atoms with Crippen molar-refractivity contribution in [2.75, 3.05) is 0 Å². The first-order valence-electron chi connectivity index (χ1n) is 6.25. The zero-order valence-electron chi connectivity index (χ0n) is 10.2. The largest absolute Gasteiger partial charge is 0.273 e. The number of carbonyl (C=O) groups is 1. The van der Waals surface area contributed by atoms with Gasteiger partial charge in [0, 0.05) is 12.0 Å². The summed E-state index contributed by atoms with van der Waals surface area (Å²) in [6.45, 7) is 1.99. The molecule has 0 fully saturated rings. The number of nitrogens with one attached hydrogen (secondary N) is 1. The van der Waals surface area contributed by atoms with E-state index in [4.69, 9.17) is 0 Å². The lowest BCUT2D eigenvalue weighted by Gasteiger charge is -2.17. The fraction of sp³-hybridized carbons (Fsp3) is 0.429. The van der Waals surface area contributed by atoms with Gasteiger partial charge in [0.1, 0.15) is 0 Å². The number of hydrogen-bond donors (Lipinski definition) is 1. The molecule has 0 radical (unpaired) electrons. The average molecular weight is 230 g/mol. The van der Waals surface area contributed by atoms with E-state index in [2.05, 4.69) is 28.7 Å². The highest BCUT2D eigenvalue weighted by molar-refractivity contribution is 6.03. The van der Waals surface area contributed by atoms with Gasteiger partial charge in [0.25, 0.3) is 0 Å². The first kappa shape index (κ1) is 11.8. The maximum Gasteiger partial charge on any atom is 0.240 e. The van der Waals surface area contributed by atoms with Crippen LogP contribution in [-0.4, -0.2) is 11.6 Å².